The molecule has 0 spiro atoms. The zero-order chi connectivity index (χ0) is 13.6. The van der Waals surface area contributed by atoms with Crippen molar-refractivity contribution in [2.75, 3.05) is 23.9 Å². The molecule has 2 aliphatic rings. The van der Waals surface area contributed by atoms with Gasteiger partial charge in [-0.05, 0) is 41.9 Å². The molecule has 1 atom stereocenters. The highest BCUT2D eigenvalue weighted by Gasteiger charge is 2.34. The van der Waals surface area contributed by atoms with Gasteiger partial charge in [-0.1, -0.05) is 0 Å². The van der Waals surface area contributed by atoms with Crippen molar-refractivity contribution >= 4 is 38.2 Å². The number of hydrogen-bond donors (Lipinski definition) is 1. The number of aromatic nitrogens is 2. The molecule has 1 saturated heterocycles. The Labute approximate surface area is 126 Å². The van der Waals surface area contributed by atoms with Gasteiger partial charge < -0.3 is 5.32 Å². The minimum atomic E-state index is -2.89. The van der Waals surface area contributed by atoms with Crippen LogP contribution in [0.3, 0.4) is 0 Å². The van der Waals surface area contributed by atoms with E-state index in [2.05, 4.69) is 37.9 Å². The van der Waals surface area contributed by atoms with Gasteiger partial charge in [-0.3, -0.25) is 0 Å². The summed E-state index contributed by atoms with van der Waals surface area (Å²) in [5.41, 5.74) is 1.10. The van der Waals surface area contributed by atoms with Crippen LogP contribution in [-0.2, 0) is 9.84 Å². The summed E-state index contributed by atoms with van der Waals surface area (Å²) < 4.78 is 24.3. The van der Waals surface area contributed by atoms with Crippen molar-refractivity contribution in [1.29, 1.82) is 0 Å². The normalized spacial score (nSPS) is 25.5. The summed E-state index contributed by atoms with van der Waals surface area (Å²) in [4.78, 5) is 9.18. The van der Waals surface area contributed by atoms with Gasteiger partial charge in [0.25, 0.3) is 0 Å². The predicted molar refractivity (Wildman–Crippen MR) is 82.3 cm³/mol. The summed E-state index contributed by atoms with van der Waals surface area (Å²) >= 11 is 2.28. The molecule has 1 N–H and O–H groups in total. The number of rotatable bonds is 3. The minimum Gasteiger partial charge on any atom is -0.372 e. The van der Waals surface area contributed by atoms with Crippen LogP contribution in [-0.4, -0.2) is 36.9 Å². The molecular weight excluding hydrogens is 377 g/mol. The Morgan fingerprint density at radius 1 is 1.21 bits per heavy atom. The summed E-state index contributed by atoms with van der Waals surface area (Å²) in [6, 6.07) is 0. The highest BCUT2D eigenvalue weighted by atomic mass is 127. The van der Waals surface area contributed by atoms with E-state index in [9.17, 15) is 8.42 Å². The Kier molecular flexibility index (Phi) is 3.45. The maximum absolute atomic E-state index is 11.6. The lowest BCUT2D eigenvalue weighted by atomic mass is 10.1. The summed E-state index contributed by atoms with van der Waals surface area (Å²) in [6.07, 6.45) is 3.01. The van der Waals surface area contributed by atoms with Gasteiger partial charge in [0.05, 0.1) is 20.8 Å². The van der Waals surface area contributed by atoms with E-state index in [4.69, 9.17) is 0 Å². The molecule has 0 bridgehead atoms. The lowest BCUT2D eigenvalue weighted by molar-refractivity contribution is 0.601. The fourth-order valence-corrected chi connectivity index (χ4v) is 5.15. The van der Waals surface area contributed by atoms with E-state index in [1.807, 2.05) is 7.05 Å². The van der Waals surface area contributed by atoms with E-state index >= 15 is 0 Å². The molecule has 2 fully saturated rings. The molecule has 5 nitrogen and oxygen atoms in total. The van der Waals surface area contributed by atoms with Crippen LogP contribution >= 0.6 is 22.6 Å². The number of sulfone groups is 1. The molecule has 0 amide bonds. The Morgan fingerprint density at radius 2 is 1.95 bits per heavy atom. The van der Waals surface area contributed by atoms with E-state index in [-0.39, 0.29) is 17.4 Å². The molecule has 1 aromatic heterocycles. The van der Waals surface area contributed by atoms with E-state index in [0.717, 1.165) is 15.1 Å². The van der Waals surface area contributed by atoms with Crippen LogP contribution < -0.4 is 5.32 Å². The second-order valence-corrected chi connectivity index (χ2v) is 8.56. The molecule has 1 aromatic rings. The Bertz CT molecular complexity index is 614. The summed E-state index contributed by atoms with van der Waals surface area (Å²) in [5.74, 6) is 2.50. The summed E-state index contributed by atoms with van der Waals surface area (Å²) in [6.45, 7) is 0. The second-order valence-electron chi connectivity index (χ2n) is 5.25. The van der Waals surface area contributed by atoms with Crippen molar-refractivity contribution in [3.05, 3.63) is 15.1 Å². The maximum atomic E-state index is 11.6. The van der Waals surface area contributed by atoms with Crippen LogP contribution in [0.1, 0.15) is 42.6 Å². The molecule has 2 heterocycles. The fraction of sp³-hybridized carbons (Fsp3) is 0.667. The molecule has 1 aliphatic heterocycles. The van der Waals surface area contributed by atoms with Gasteiger partial charge >= 0.3 is 0 Å². The topological polar surface area (TPSA) is 72.0 Å². The van der Waals surface area contributed by atoms with Crippen molar-refractivity contribution in [3.63, 3.8) is 0 Å². The number of anilines is 1. The molecule has 0 aromatic carbocycles. The maximum Gasteiger partial charge on any atom is 0.151 e. The first kappa shape index (κ1) is 13.5. The van der Waals surface area contributed by atoms with E-state index in [0.29, 0.717) is 18.2 Å². The average molecular weight is 393 g/mol. The van der Waals surface area contributed by atoms with Crippen molar-refractivity contribution in [3.8, 4) is 0 Å². The largest absolute Gasteiger partial charge is 0.372 e. The average Bonchev–Trinajstić information content (AvgIpc) is 3.14. The highest BCUT2D eigenvalue weighted by Crippen LogP contribution is 2.43. The zero-order valence-electron chi connectivity index (χ0n) is 10.7. The number of halogens is 1. The van der Waals surface area contributed by atoms with Crippen LogP contribution in [0.2, 0.25) is 0 Å². The number of hydrogen-bond acceptors (Lipinski definition) is 5. The molecule has 19 heavy (non-hydrogen) atoms. The summed E-state index contributed by atoms with van der Waals surface area (Å²) in [7, 11) is -1.05. The van der Waals surface area contributed by atoms with Gasteiger partial charge in [-0.25, -0.2) is 18.4 Å². The Morgan fingerprint density at radius 3 is 2.47 bits per heavy atom. The molecule has 7 heteroatoms. The predicted octanol–water partition coefficient (Wildman–Crippen LogP) is 1.90. The zero-order valence-corrected chi connectivity index (χ0v) is 13.7. The van der Waals surface area contributed by atoms with Crippen molar-refractivity contribution < 1.29 is 8.42 Å². The molecule has 1 saturated carbocycles. The summed E-state index contributed by atoms with van der Waals surface area (Å²) in [5, 5.41) is 3.09. The lowest BCUT2D eigenvalue weighted by Crippen LogP contribution is -2.12. The van der Waals surface area contributed by atoms with Gasteiger partial charge in [0.15, 0.2) is 9.84 Å². The van der Waals surface area contributed by atoms with E-state index in [1.165, 1.54) is 12.8 Å². The lowest BCUT2D eigenvalue weighted by Gasteiger charge is -2.13. The highest BCUT2D eigenvalue weighted by molar-refractivity contribution is 14.1. The van der Waals surface area contributed by atoms with Gasteiger partial charge in [-0.2, -0.15) is 0 Å². The second kappa shape index (κ2) is 4.83. The van der Waals surface area contributed by atoms with Crippen molar-refractivity contribution in [1.82, 2.24) is 9.97 Å². The molecule has 104 valence electrons. The first-order valence-electron chi connectivity index (χ1n) is 6.45. The van der Waals surface area contributed by atoms with Gasteiger partial charge in [0.2, 0.25) is 0 Å². The van der Waals surface area contributed by atoms with E-state index < -0.39 is 9.84 Å². The third-order valence-corrected chi connectivity index (χ3v) is 6.52. The van der Waals surface area contributed by atoms with Gasteiger partial charge in [0.1, 0.15) is 11.6 Å². The third-order valence-electron chi connectivity index (χ3n) is 3.69. The first-order chi connectivity index (χ1) is 9.00. The molecular formula is C12H16IN3O2S. The molecule has 1 aliphatic carbocycles. The quantitative estimate of drug-likeness (QED) is 0.795. The monoisotopic (exact) mass is 393 g/mol. The third kappa shape index (κ3) is 2.72. The first-order valence-corrected chi connectivity index (χ1v) is 9.35. The molecule has 1 unspecified atom stereocenters. The van der Waals surface area contributed by atoms with Gasteiger partial charge in [-0.15, -0.1) is 0 Å². The van der Waals surface area contributed by atoms with Crippen LogP contribution in [0.25, 0.3) is 0 Å². The SMILES string of the molecule is CNc1nc(C2CCS(=O)(=O)C2)nc(C2CC2)c1I. The Balaban J connectivity index is 1.99. The van der Waals surface area contributed by atoms with Crippen molar-refractivity contribution in [2.24, 2.45) is 0 Å². The van der Waals surface area contributed by atoms with Crippen LogP contribution in [0.4, 0.5) is 5.82 Å². The molecule has 0 radical (unpaired) electrons. The number of nitrogens with one attached hydrogen (secondary N) is 1. The Hall–Kier alpha value is -0.440. The molecule has 3 rings (SSSR count). The van der Waals surface area contributed by atoms with Crippen LogP contribution in [0.15, 0.2) is 0 Å². The minimum absolute atomic E-state index is 0.0356. The van der Waals surface area contributed by atoms with Gasteiger partial charge in [0, 0.05) is 18.9 Å². The van der Waals surface area contributed by atoms with Crippen LogP contribution in [0, 0.1) is 3.57 Å². The van der Waals surface area contributed by atoms with Crippen molar-refractivity contribution in [2.45, 2.75) is 31.1 Å². The van der Waals surface area contributed by atoms with E-state index in [1.54, 1.807) is 0 Å². The smallest absolute Gasteiger partial charge is 0.151 e. The van der Waals surface area contributed by atoms with Crippen LogP contribution in [0.5, 0.6) is 0 Å². The standard InChI is InChI=1S/C12H16IN3O2S/c1-14-12-9(13)10(7-2-3-7)15-11(16-12)8-4-5-19(17,18)6-8/h7-8H,2-6H2,1H3,(H,14,15,16). The fourth-order valence-electron chi connectivity index (χ4n) is 2.46. The number of nitrogens with zero attached hydrogens (tertiary/aromatic N) is 2.